The highest BCUT2D eigenvalue weighted by Crippen LogP contribution is 2.48. The van der Waals surface area contributed by atoms with Gasteiger partial charge in [-0.05, 0) is 53.8 Å². The van der Waals surface area contributed by atoms with Crippen molar-refractivity contribution in [3.05, 3.63) is 34.9 Å². The molecule has 1 nitrogen and oxygen atoms in total. The van der Waals surface area contributed by atoms with Crippen LogP contribution in [0.4, 0.5) is 0 Å². The fourth-order valence-electron chi connectivity index (χ4n) is 4.07. The second-order valence-corrected chi connectivity index (χ2v) is 7.78. The molecule has 1 aliphatic rings. The van der Waals surface area contributed by atoms with Gasteiger partial charge in [-0.25, -0.2) is 0 Å². The van der Waals surface area contributed by atoms with E-state index in [1.807, 2.05) is 0 Å². The van der Waals surface area contributed by atoms with Crippen LogP contribution >= 0.6 is 0 Å². The molecule has 118 valence electrons. The summed E-state index contributed by atoms with van der Waals surface area (Å²) in [6.45, 7) is 11.7. The van der Waals surface area contributed by atoms with Crippen LogP contribution in [0.25, 0.3) is 0 Å². The van der Waals surface area contributed by atoms with Crippen molar-refractivity contribution < 1.29 is 0 Å². The zero-order valence-electron chi connectivity index (χ0n) is 14.8. The molecule has 1 N–H and O–H groups in total. The van der Waals surface area contributed by atoms with Gasteiger partial charge in [-0.2, -0.15) is 0 Å². The number of nitrogens with one attached hydrogen (secondary N) is 1. The maximum Gasteiger partial charge on any atom is 0.0374 e. The molecule has 1 fully saturated rings. The van der Waals surface area contributed by atoms with Gasteiger partial charge >= 0.3 is 0 Å². The molecular weight excluding hydrogens is 254 g/mol. The standard InChI is InChI=1S/C20H33N/c1-14(2)16-9-10-17(18(13-16)15(3)4)19(21-6)20(5)11-7-8-12-20/h9-10,13-15,19,21H,7-8,11-12H2,1-6H3. The lowest BCUT2D eigenvalue weighted by molar-refractivity contribution is 0.232. The van der Waals surface area contributed by atoms with E-state index >= 15 is 0 Å². The van der Waals surface area contributed by atoms with Crippen LogP contribution in [-0.2, 0) is 0 Å². The van der Waals surface area contributed by atoms with Crippen LogP contribution in [0.5, 0.6) is 0 Å². The molecule has 1 aromatic rings. The molecule has 1 saturated carbocycles. The molecule has 0 radical (unpaired) electrons. The zero-order chi connectivity index (χ0) is 15.6. The summed E-state index contributed by atoms with van der Waals surface area (Å²) in [5.74, 6) is 1.19. The Hall–Kier alpha value is -0.820. The van der Waals surface area contributed by atoms with E-state index in [1.165, 1.54) is 42.4 Å². The normalized spacial score (nSPS) is 19.4. The summed E-state index contributed by atoms with van der Waals surface area (Å²) >= 11 is 0. The second kappa shape index (κ2) is 6.52. The van der Waals surface area contributed by atoms with Gasteiger partial charge < -0.3 is 5.32 Å². The van der Waals surface area contributed by atoms with Crippen molar-refractivity contribution in [2.75, 3.05) is 7.05 Å². The maximum atomic E-state index is 3.64. The molecule has 0 saturated heterocycles. The van der Waals surface area contributed by atoms with E-state index in [2.05, 4.69) is 65.2 Å². The smallest absolute Gasteiger partial charge is 0.0374 e. The van der Waals surface area contributed by atoms with Crippen molar-refractivity contribution in [1.29, 1.82) is 0 Å². The van der Waals surface area contributed by atoms with Crippen molar-refractivity contribution >= 4 is 0 Å². The fourth-order valence-corrected chi connectivity index (χ4v) is 4.07. The molecular formula is C20H33N. The molecule has 1 aromatic carbocycles. The van der Waals surface area contributed by atoms with E-state index in [4.69, 9.17) is 0 Å². The van der Waals surface area contributed by atoms with E-state index < -0.39 is 0 Å². The van der Waals surface area contributed by atoms with Gasteiger partial charge in [0.25, 0.3) is 0 Å². The second-order valence-electron chi connectivity index (χ2n) is 7.78. The first kappa shape index (κ1) is 16.5. The predicted molar refractivity (Wildman–Crippen MR) is 93.0 cm³/mol. The van der Waals surface area contributed by atoms with Crippen molar-refractivity contribution in [3.8, 4) is 0 Å². The van der Waals surface area contributed by atoms with Gasteiger partial charge in [0.2, 0.25) is 0 Å². The first-order valence-electron chi connectivity index (χ1n) is 8.70. The summed E-state index contributed by atoms with van der Waals surface area (Å²) in [6.07, 6.45) is 5.47. The third-order valence-corrected chi connectivity index (χ3v) is 5.44. The monoisotopic (exact) mass is 287 g/mol. The fraction of sp³-hybridized carbons (Fsp3) is 0.700. The molecule has 1 heteroatoms. The Balaban J connectivity index is 2.45. The van der Waals surface area contributed by atoms with Crippen molar-refractivity contribution in [3.63, 3.8) is 0 Å². The largest absolute Gasteiger partial charge is 0.313 e. The minimum Gasteiger partial charge on any atom is -0.313 e. The molecule has 2 rings (SSSR count). The summed E-state index contributed by atoms with van der Waals surface area (Å²) < 4.78 is 0. The molecule has 1 aliphatic carbocycles. The Kier molecular flexibility index (Phi) is 5.14. The van der Waals surface area contributed by atoms with E-state index in [1.54, 1.807) is 0 Å². The summed E-state index contributed by atoms with van der Waals surface area (Å²) in [5.41, 5.74) is 4.95. The van der Waals surface area contributed by atoms with E-state index in [9.17, 15) is 0 Å². The van der Waals surface area contributed by atoms with Crippen LogP contribution in [-0.4, -0.2) is 7.05 Å². The van der Waals surface area contributed by atoms with Gasteiger partial charge in [-0.15, -0.1) is 0 Å². The lowest BCUT2D eigenvalue weighted by Crippen LogP contribution is -2.33. The first-order valence-corrected chi connectivity index (χ1v) is 8.70. The molecule has 0 heterocycles. The molecule has 21 heavy (non-hydrogen) atoms. The molecule has 0 spiro atoms. The minimum absolute atomic E-state index is 0.414. The third-order valence-electron chi connectivity index (χ3n) is 5.44. The lowest BCUT2D eigenvalue weighted by Gasteiger charge is -2.36. The summed E-state index contributed by atoms with van der Waals surface area (Å²) in [5, 5.41) is 3.64. The van der Waals surface area contributed by atoms with Gasteiger partial charge in [-0.1, -0.05) is 65.7 Å². The molecule has 1 unspecified atom stereocenters. The highest BCUT2D eigenvalue weighted by Gasteiger charge is 2.38. The molecule has 0 aliphatic heterocycles. The van der Waals surface area contributed by atoms with E-state index in [0.717, 1.165) is 0 Å². The number of rotatable bonds is 5. The Morgan fingerprint density at radius 3 is 2.05 bits per heavy atom. The average molecular weight is 287 g/mol. The molecule has 1 atom stereocenters. The van der Waals surface area contributed by atoms with E-state index in [0.29, 0.717) is 23.3 Å². The average Bonchev–Trinajstić information content (AvgIpc) is 2.87. The Labute approximate surface area is 131 Å². The van der Waals surface area contributed by atoms with Gasteiger partial charge in [0.1, 0.15) is 0 Å². The SMILES string of the molecule is CNC(c1ccc(C(C)C)cc1C(C)C)C1(C)CCCC1. The minimum atomic E-state index is 0.414. The maximum absolute atomic E-state index is 3.64. The number of hydrogen-bond donors (Lipinski definition) is 1. The number of benzene rings is 1. The van der Waals surface area contributed by atoms with Gasteiger partial charge in [0.05, 0.1) is 0 Å². The van der Waals surface area contributed by atoms with Crippen molar-refractivity contribution in [2.24, 2.45) is 5.41 Å². The van der Waals surface area contributed by atoms with E-state index in [-0.39, 0.29) is 0 Å². The van der Waals surface area contributed by atoms with Crippen molar-refractivity contribution in [1.82, 2.24) is 5.32 Å². The third kappa shape index (κ3) is 3.34. The first-order chi connectivity index (χ1) is 9.89. The molecule has 0 amide bonds. The van der Waals surface area contributed by atoms with Crippen LogP contribution in [0.1, 0.15) is 94.9 Å². The summed E-state index contributed by atoms with van der Waals surface area (Å²) in [7, 11) is 2.13. The number of hydrogen-bond acceptors (Lipinski definition) is 1. The van der Waals surface area contributed by atoms with Crippen LogP contribution in [0.15, 0.2) is 18.2 Å². The summed E-state index contributed by atoms with van der Waals surface area (Å²) in [6, 6.07) is 7.68. The van der Waals surface area contributed by atoms with Crippen LogP contribution in [0, 0.1) is 5.41 Å². The topological polar surface area (TPSA) is 12.0 Å². The lowest BCUT2D eigenvalue weighted by atomic mass is 9.74. The van der Waals surface area contributed by atoms with Crippen LogP contribution < -0.4 is 5.32 Å². The van der Waals surface area contributed by atoms with Gasteiger partial charge in [0.15, 0.2) is 0 Å². The highest BCUT2D eigenvalue weighted by atomic mass is 14.9. The van der Waals surface area contributed by atoms with Crippen LogP contribution in [0.2, 0.25) is 0 Å². The zero-order valence-corrected chi connectivity index (χ0v) is 14.8. The predicted octanol–water partition coefficient (Wildman–Crippen LogP) is 5.77. The molecule has 0 aromatic heterocycles. The Morgan fingerprint density at radius 1 is 0.952 bits per heavy atom. The summed E-state index contributed by atoms with van der Waals surface area (Å²) in [4.78, 5) is 0. The quantitative estimate of drug-likeness (QED) is 0.724. The van der Waals surface area contributed by atoms with Gasteiger partial charge in [-0.3, -0.25) is 0 Å². The van der Waals surface area contributed by atoms with Gasteiger partial charge in [0, 0.05) is 6.04 Å². The van der Waals surface area contributed by atoms with Crippen LogP contribution in [0.3, 0.4) is 0 Å². The molecule has 0 bridgehead atoms. The Bertz CT molecular complexity index is 467. The Morgan fingerprint density at radius 2 is 1.57 bits per heavy atom. The highest BCUT2D eigenvalue weighted by molar-refractivity contribution is 5.38. The van der Waals surface area contributed by atoms with Crippen molar-refractivity contribution in [2.45, 2.75) is 78.2 Å².